The standard InChI is InChI=1S/C15H19NO4S.C2H4/c1-20-12-2-4-13(5-3-12)21-15(10-14(18)16-19)8-6-11(17)7-9-15;1-2/h2-5,19H,6-10H2,1H3,(H,16,18);1-2H2. The summed E-state index contributed by atoms with van der Waals surface area (Å²) in [6, 6.07) is 7.63. The van der Waals surface area contributed by atoms with Crippen molar-refractivity contribution >= 4 is 23.5 Å². The number of benzene rings is 1. The maximum Gasteiger partial charge on any atom is 0.244 e. The Hall–Kier alpha value is -1.79. The number of amides is 1. The third-order valence-corrected chi connectivity index (χ3v) is 5.21. The molecule has 1 aliphatic rings. The number of Topliss-reactive ketones (excluding diaryl/α,β-unsaturated/α-hetero) is 1. The number of hydrogen-bond acceptors (Lipinski definition) is 5. The van der Waals surface area contributed by atoms with Crippen LogP contribution in [0.2, 0.25) is 0 Å². The molecule has 23 heavy (non-hydrogen) atoms. The summed E-state index contributed by atoms with van der Waals surface area (Å²) < 4.78 is 4.79. The lowest BCUT2D eigenvalue weighted by atomic mass is 9.85. The van der Waals surface area contributed by atoms with E-state index in [1.807, 2.05) is 24.3 Å². The van der Waals surface area contributed by atoms with Crippen LogP contribution >= 0.6 is 11.8 Å². The zero-order chi connectivity index (χ0) is 17.3. The Morgan fingerprint density at radius 3 is 2.35 bits per heavy atom. The van der Waals surface area contributed by atoms with Crippen LogP contribution in [-0.2, 0) is 9.59 Å². The molecule has 0 saturated heterocycles. The minimum absolute atomic E-state index is 0.202. The number of ether oxygens (including phenoxy) is 1. The van der Waals surface area contributed by atoms with Gasteiger partial charge >= 0.3 is 0 Å². The molecule has 0 unspecified atom stereocenters. The summed E-state index contributed by atoms with van der Waals surface area (Å²) in [6.45, 7) is 6.00. The van der Waals surface area contributed by atoms with Gasteiger partial charge in [-0.05, 0) is 37.1 Å². The van der Waals surface area contributed by atoms with E-state index < -0.39 is 5.91 Å². The molecule has 1 aromatic carbocycles. The first-order chi connectivity index (χ1) is 11.1. The molecule has 2 rings (SSSR count). The number of rotatable bonds is 5. The van der Waals surface area contributed by atoms with Gasteiger partial charge in [0.05, 0.1) is 7.11 Å². The van der Waals surface area contributed by atoms with Crippen LogP contribution in [0.4, 0.5) is 0 Å². The number of hydrogen-bond donors (Lipinski definition) is 2. The largest absolute Gasteiger partial charge is 0.497 e. The second-order valence-electron chi connectivity index (χ2n) is 5.21. The molecular weight excluding hydrogens is 314 g/mol. The number of methoxy groups -OCH3 is 1. The van der Waals surface area contributed by atoms with Crippen LogP contribution in [-0.4, -0.2) is 28.8 Å². The van der Waals surface area contributed by atoms with Crippen molar-refractivity contribution in [2.24, 2.45) is 0 Å². The molecule has 0 aromatic heterocycles. The number of ketones is 1. The summed E-state index contributed by atoms with van der Waals surface area (Å²) in [6.07, 6.45) is 2.48. The summed E-state index contributed by atoms with van der Waals surface area (Å²) in [5.74, 6) is 0.607. The van der Waals surface area contributed by atoms with Crippen molar-refractivity contribution in [1.29, 1.82) is 0 Å². The van der Waals surface area contributed by atoms with Gasteiger partial charge in [0.25, 0.3) is 0 Å². The molecule has 0 heterocycles. The highest BCUT2D eigenvalue weighted by atomic mass is 32.2. The number of hydroxylamine groups is 1. The molecule has 0 atom stereocenters. The van der Waals surface area contributed by atoms with Crippen LogP contribution < -0.4 is 10.2 Å². The van der Waals surface area contributed by atoms with E-state index in [9.17, 15) is 9.59 Å². The second-order valence-corrected chi connectivity index (χ2v) is 6.75. The SMILES string of the molecule is C=C.COc1ccc(SC2(CC(=O)NO)CCC(=O)CC2)cc1. The molecule has 1 saturated carbocycles. The lowest BCUT2D eigenvalue weighted by Crippen LogP contribution is -2.36. The van der Waals surface area contributed by atoms with Crippen molar-refractivity contribution in [2.45, 2.75) is 41.7 Å². The van der Waals surface area contributed by atoms with Crippen LogP contribution in [0.3, 0.4) is 0 Å². The molecule has 5 nitrogen and oxygen atoms in total. The van der Waals surface area contributed by atoms with Gasteiger partial charge in [0.15, 0.2) is 0 Å². The fraction of sp³-hybridized carbons (Fsp3) is 0.412. The normalized spacial score (nSPS) is 16.0. The molecule has 1 fully saturated rings. The van der Waals surface area contributed by atoms with Crippen LogP contribution in [0.15, 0.2) is 42.3 Å². The number of carbonyl (C=O) groups excluding carboxylic acids is 2. The Balaban J connectivity index is 0.00000127. The lowest BCUT2D eigenvalue weighted by Gasteiger charge is -2.35. The predicted molar refractivity (Wildman–Crippen MR) is 90.9 cm³/mol. The number of nitrogens with one attached hydrogen (secondary N) is 1. The summed E-state index contributed by atoms with van der Waals surface area (Å²) >= 11 is 1.60. The van der Waals surface area contributed by atoms with Gasteiger partial charge in [-0.15, -0.1) is 24.9 Å². The zero-order valence-corrected chi connectivity index (χ0v) is 14.2. The summed E-state index contributed by atoms with van der Waals surface area (Å²) in [5.41, 5.74) is 1.70. The van der Waals surface area contributed by atoms with E-state index in [2.05, 4.69) is 13.2 Å². The smallest absolute Gasteiger partial charge is 0.244 e. The third-order valence-electron chi connectivity index (χ3n) is 3.72. The lowest BCUT2D eigenvalue weighted by molar-refractivity contribution is -0.130. The van der Waals surface area contributed by atoms with Gasteiger partial charge in [0, 0.05) is 28.9 Å². The Labute approximate surface area is 141 Å². The predicted octanol–water partition coefficient (Wildman–Crippen LogP) is 3.37. The van der Waals surface area contributed by atoms with Crippen molar-refractivity contribution < 1.29 is 19.5 Å². The molecule has 1 aliphatic carbocycles. The van der Waals surface area contributed by atoms with Gasteiger partial charge in [0.2, 0.25) is 5.91 Å². The first-order valence-corrected chi connectivity index (χ1v) is 8.16. The molecule has 0 spiro atoms. The summed E-state index contributed by atoms with van der Waals surface area (Å²) in [7, 11) is 1.61. The van der Waals surface area contributed by atoms with E-state index in [1.165, 1.54) is 0 Å². The van der Waals surface area contributed by atoms with Gasteiger partial charge in [-0.3, -0.25) is 14.8 Å². The van der Waals surface area contributed by atoms with E-state index >= 15 is 0 Å². The van der Waals surface area contributed by atoms with E-state index in [0.717, 1.165) is 10.6 Å². The topological polar surface area (TPSA) is 75.6 Å². The van der Waals surface area contributed by atoms with Crippen molar-refractivity contribution in [3.63, 3.8) is 0 Å². The maximum atomic E-state index is 11.6. The quantitative estimate of drug-likeness (QED) is 0.489. The monoisotopic (exact) mass is 337 g/mol. The molecule has 126 valence electrons. The summed E-state index contributed by atoms with van der Waals surface area (Å²) in [5, 5.41) is 8.77. The van der Waals surface area contributed by atoms with E-state index in [1.54, 1.807) is 24.4 Å². The van der Waals surface area contributed by atoms with Crippen LogP contribution in [0.5, 0.6) is 5.75 Å². The van der Waals surface area contributed by atoms with Crippen LogP contribution in [0.25, 0.3) is 0 Å². The van der Waals surface area contributed by atoms with E-state index in [4.69, 9.17) is 9.94 Å². The van der Waals surface area contributed by atoms with Gasteiger partial charge in [-0.2, -0.15) is 0 Å². The molecule has 1 amide bonds. The average molecular weight is 337 g/mol. The molecular formula is C17H23NO4S. The van der Waals surface area contributed by atoms with Crippen molar-refractivity contribution in [3.05, 3.63) is 37.4 Å². The molecule has 0 radical (unpaired) electrons. The Bertz CT molecular complexity index is 520. The van der Waals surface area contributed by atoms with Gasteiger partial charge in [-0.1, -0.05) is 0 Å². The molecule has 0 bridgehead atoms. The molecule has 6 heteroatoms. The Morgan fingerprint density at radius 2 is 1.87 bits per heavy atom. The first-order valence-electron chi connectivity index (χ1n) is 7.35. The van der Waals surface area contributed by atoms with E-state index in [0.29, 0.717) is 25.7 Å². The highest BCUT2D eigenvalue weighted by molar-refractivity contribution is 8.00. The molecule has 1 aromatic rings. The number of thioether (sulfide) groups is 1. The third kappa shape index (κ3) is 5.73. The van der Waals surface area contributed by atoms with Crippen molar-refractivity contribution in [1.82, 2.24) is 5.48 Å². The Kier molecular flexibility index (Phi) is 7.85. The minimum Gasteiger partial charge on any atom is -0.497 e. The highest BCUT2D eigenvalue weighted by Crippen LogP contribution is 2.45. The van der Waals surface area contributed by atoms with Crippen molar-refractivity contribution in [2.75, 3.05) is 7.11 Å². The summed E-state index contributed by atoms with van der Waals surface area (Å²) in [4.78, 5) is 24.1. The Morgan fingerprint density at radius 1 is 1.30 bits per heavy atom. The van der Waals surface area contributed by atoms with Crippen LogP contribution in [0, 0.1) is 0 Å². The fourth-order valence-corrected chi connectivity index (χ4v) is 3.91. The minimum atomic E-state index is -0.412. The van der Waals surface area contributed by atoms with E-state index in [-0.39, 0.29) is 17.0 Å². The maximum absolute atomic E-state index is 11.6. The zero-order valence-electron chi connectivity index (χ0n) is 13.3. The second kappa shape index (κ2) is 9.37. The highest BCUT2D eigenvalue weighted by Gasteiger charge is 2.37. The van der Waals surface area contributed by atoms with Crippen LogP contribution in [0.1, 0.15) is 32.1 Å². The van der Waals surface area contributed by atoms with Gasteiger partial charge in [-0.25, -0.2) is 5.48 Å². The molecule has 0 aliphatic heterocycles. The van der Waals surface area contributed by atoms with Gasteiger partial charge in [0.1, 0.15) is 11.5 Å². The van der Waals surface area contributed by atoms with Crippen molar-refractivity contribution in [3.8, 4) is 5.75 Å². The number of carbonyl (C=O) groups is 2. The molecule has 2 N–H and O–H groups in total. The first kappa shape index (κ1) is 19.3. The van der Waals surface area contributed by atoms with Gasteiger partial charge < -0.3 is 4.74 Å². The fourth-order valence-electron chi connectivity index (χ4n) is 2.53. The average Bonchev–Trinajstić information content (AvgIpc) is 2.60.